The van der Waals surface area contributed by atoms with Gasteiger partial charge < -0.3 is 67.8 Å². The monoisotopic (exact) mass is 2010 g/mol. The average Bonchev–Trinajstić information content (AvgIpc) is 0.775. The van der Waals surface area contributed by atoms with Crippen LogP contribution < -0.4 is 10.6 Å². The number of benzene rings is 4. The van der Waals surface area contributed by atoms with Crippen molar-refractivity contribution in [3.8, 4) is 0 Å². The van der Waals surface area contributed by atoms with Crippen molar-refractivity contribution >= 4 is 35.7 Å². The van der Waals surface area contributed by atoms with E-state index in [4.69, 9.17) is 52.1 Å². The number of unbranched alkanes of at least 4 members (excludes halogenated alkanes) is 54. The second kappa shape index (κ2) is 86.1. The third kappa shape index (κ3) is 61.5. The van der Waals surface area contributed by atoms with Gasteiger partial charge in [-0.2, -0.15) is 0 Å². The van der Waals surface area contributed by atoms with E-state index in [0.717, 1.165) is 157 Å². The maximum Gasteiger partial charge on any atom is 0.310 e. The molecule has 4 aromatic rings. The molecule has 0 unspecified atom stereocenters. The Morgan fingerprint density at radius 3 is 0.847 bits per heavy atom. The van der Waals surface area contributed by atoms with Crippen LogP contribution in [0.3, 0.4) is 0 Å². The quantitative estimate of drug-likeness (QED) is 0.0211. The maximum atomic E-state index is 15.7. The lowest BCUT2D eigenvalue weighted by molar-refractivity contribution is -0.315. The summed E-state index contributed by atoms with van der Waals surface area (Å²) in [6.45, 7) is 13.1. The number of esters is 4. The second-order valence-electron chi connectivity index (χ2n) is 42.0. The van der Waals surface area contributed by atoms with Crippen LogP contribution in [0.15, 0.2) is 121 Å². The lowest BCUT2D eigenvalue weighted by atomic mass is 9.94. The molecular weight excluding hydrogens is 1810 g/mol. The van der Waals surface area contributed by atoms with Gasteiger partial charge >= 0.3 is 23.9 Å². The number of aliphatic hydroxyl groups is 1. The molecule has 0 aromatic heterocycles. The van der Waals surface area contributed by atoms with E-state index in [-0.39, 0.29) is 96.1 Å². The van der Waals surface area contributed by atoms with Gasteiger partial charge in [0.1, 0.15) is 60.9 Å². The van der Waals surface area contributed by atoms with Gasteiger partial charge in [0.25, 0.3) is 0 Å². The Hall–Kier alpha value is -6.62. The Morgan fingerprint density at radius 1 is 0.271 bits per heavy atom. The van der Waals surface area contributed by atoms with E-state index in [1.54, 1.807) is 0 Å². The zero-order valence-corrected chi connectivity index (χ0v) is 91.5. The molecule has 20 nitrogen and oxygen atoms in total. The predicted molar refractivity (Wildman–Crippen MR) is 583 cm³/mol. The first-order valence-electron chi connectivity index (χ1n) is 59.3. The van der Waals surface area contributed by atoms with E-state index in [1.165, 1.54) is 218 Å². The Balaban J connectivity index is 1.42. The fourth-order valence-electron chi connectivity index (χ4n) is 20.0. The molecule has 0 bridgehead atoms. The molecule has 144 heavy (non-hydrogen) atoms. The van der Waals surface area contributed by atoms with Crippen LogP contribution in [0.4, 0.5) is 0 Å². The van der Waals surface area contributed by atoms with Gasteiger partial charge in [0.2, 0.25) is 11.8 Å². The van der Waals surface area contributed by atoms with Crippen LogP contribution in [0.25, 0.3) is 0 Å². The zero-order chi connectivity index (χ0) is 103. The minimum atomic E-state index is -1.66. The number of hydrogen-bond acceptors (Lipinski definition) is 18. The Labute approximate surface area is 874 Å². The van der Waals surface area contributed by atoms with E-state index in [0.29, 0.717) is 51.4 Å². The number of rotatable bonds is 94. The van der Waals surface area contributed by atoms with Gasteiger partial charge in [-0.05, 0) is 80.0 Å². The average molecular weight is 2010 g/mol. The first kappa shape index (κ1) is 126. The van der Waals surface area contributed by atoms with Crippen LogP contribution in [-0.4, -0.2) is 134 Å². The third-order valence-corrected chi connectivity index (χ3v) is 28.8. The smallest absolute Gasteiger partial charge is 0.310 e. The van der Waals surface area contributed by atoms with Crippen LogP contribution in [0, 0.1) is 0 Å². The molecule has 2 aliphatic heterocycles. The maximum absolute atomic E-state index is 15.7. The fraction of sp³-hybridized carbons (Fsp3) is 0.758. The Morgan fingerprint density at radius 2 is 0.528 bits per heavy atom. The Kier molecular flexibility index (Phi) is 75.4. The van der Waals surface area contributed by atoms with E-state index in [2.05, 4.69) is 52.2 Å². The molecule has 2 saturated heterocycles. The standard InChI is InChI=1S/C124H204N2O18/c1-7-13-19-25-31-37-39-40-42-48-54-59-77-91-114(130)140-107(88-74-56-50-44-34-28-22-16-10-4)94-112(128)126-118-122(136-98-104-83-69-63-70-84-104)120(135-97-103-81-67-62-68-82-103)110(143-124(118)137-99-105-85-71-64-72-86-105)101-138-123-117(125-111(127)93-106(87-73-55-49-43-33-27-21-15-9-3)139-113(129)90-76-58-52-46-36-30-24-18-12-6)121(119(133)109(142-123)100-134-96-102-79-65-61-66-80-102)144-116(132)95-108(89-75-57-51-45-35-29-23-17-11-5)141-115(131)92-78-60-53-47-41-38-32-26-20-14-8-2/h61-72,79-86,106-110,117-124,133H,7-60,73-78,87-101H2,1-6H3,(H,125,127)(H,126,128)/t106-,107-,108-,109-,110-,117+,118+,119-,120-,121-,122-,123-,124+/m1/s1. The molecule has 2 fully saturated rings. The normalized spacial score (nSPS) is 18.5. The summed E-state index contributed by atoms with van der Waals surface area (Å²) < 4.78 is 75.8. The van der Waals surface area contributed by atoms with Gasteiger partial charge in [0.05, 0.1) is 58.9 Å². The molecule has 0 aliphatic carbocycles. The molecule has 3 N–H and O–H groups in total. The molecule has 13 atom stereocenters. The second-order valence-corrected chi connectivity index (χ2v) is 42.0. The first-order chi connectivity index (χ1) is 70.7. The highest BCUT2D eigenvalue weighted by Crippen LogP contribution is 2.35. The van der Waals surface area contributed by atoms with Crippen molar-refractivity contribution in [1.29, 1.82) is 0 Å². The van der Waals surface area contributed by atoms with E-state index >= 15 is 14.4 Å². The number of carbonyl (C=O) groups excluding carboxylic acids is 6. The van der Waals surface area contributed by atoms with E-state index in [9.17, 15) is 19.5 Å². The Bertz CT molecular complexity index is 3710. The summed E-state index contributed by atoms with van der Waals surface area (Å²) in [4.78, 5) is 89.5. The summed E-state index contributed by atoms with van der Waals surface area (Å²) in [5, 5.41) is 19.8. The zero-order valence-electron chi connectivity index (χ0n) is 91.5. The number of ether oxygens (including phenoxy) is 11. The molecule has 818 valence electrons. The van der Waals surface area contributed by atoms with Crippen molar-refractivity contribution < 1.29 is 86.0 Å². The van der Waals surface area contributed by atoms with Crippen LogP contribution in [-0.2, 0) is 107 Å². The van der Waals surface area contributed by atoms with Gasteiger partial charge in [-0.25, -0.2) is 0 Å². The molecule has 2 aliphatic rings. The molecule has 0 radical (unpaired) electrons. The summed E-state index contributed by atoms with van der Waals surface area (Å²) in [5.74, 6) is -2.80. The van der Waals surface area contributed by atoms with Crippen LogP contribution in [0.2, 0.25) is 0 Å². The van der Waals surface area contributed by atoms with Crippen LogP contribution >= 0.6 is 0 Å². The van der Waals surface area contributed by atoms with Gasteiger partial charge in [-0.3, -0.25) is 28.8 Å². The molecular formula is C124H204N2O18. The van der Waals surface area contributed by atoms with Crippen molar-refractivity contribution in [1.82, 2.24) is 10.6 Å². The topological polar surface area (TPSA) is 248 Å². The highest BCUT2D eigenvalue weighted by atomic mass is 16.7. The molecule has 6 rings (SSSR count). The predicted octanol–water partition coefficient (Wildman–Crippen LogP) is 31.1. The third-order valence-electron chi connectivity index (χ3n) is 28.8. The number of hydrogen-bond donors (Lipinski definition) is 3. The van der Waals surface area contributed by atoms with Gasteiger partial charge in [0.15, 0.2) is 18.7 Å². The highest BCUT2D eigenvalue weighted by molar-refractivity contribution is 5.79. The minimum Gasteiger partial charge on any atom is -0.462 e. The van der Waals surface area contributed by atoms with Gasteiger partial charge in [-0.1, -0.05) is 510 Å². The summed E-state index contributed by atoms with van der Waals surface area (Å²) in [5.41, 5.74) is 3.35. The summed E-state index contributed by atoms with van der Waals surface area (Å²) in [7, 11) is 0. The van der Waals surface area contributed by atoms with Crippen molar-refractivity contribution in [3.05, 3.63) is 144 Å². The first-order valence-corrected chi connectivity index (χ1v) is 59.3. The summed E-state index contributed by atoms with van der Waals surface area (Å²) >= 11 is 0. The SMILES string of the molecule is CCCCCCCCCCCCCCCC(=O)O[C@H](CCCCCCCCCCC)CC(=O)N[C@@H]1[C@@H](OCc2ccccc2)O[C@H](CO[C@@H]2O[C@H](COCc3ccccc3)[C@@H](O)[C@H](OC(=O)C[C@@H](CCCCCCCCCCC)OC(=O)CCCCCCCCCCCCC)[C@@H]2NC(=O)C[C@@H](CCCCCCCCCCC)OC(=O)CCCCCCCCCCC)[C@@H](OCc2ccccc2)[C@@H]1OCc1ccccc1. The fourth-order valence-corrected chi connectivity index (χ4v) is 20.0. The molecule has 4 aromatic carbocycles. The van der Waals surface area contributed by atoms with Crippen LogP contribution in [0.5, 0.6) is 0 Å². The van der Waals surface area contributed by atoms with E-state index < -0.39 is 97.4 Å². The highest BCUT2D eigenvalue weighted by Gasteiger charge is 2.53. The molecule has 2 heterocycles. The van der Waals surface area contributed by atoms with Crippen molar-refractivity contribution in [2.45, 2.75) is 591 Å². The number of carbonyl (C=O) groups is 6. The van der Waals surface area contributed by atoms with Gasteiger partial charge in [0, 0.05) is 19.3 Å². The van der Waals surface area contributed by atoms with Gasteiger partial charge in [-0.15, -0.1) is 0 Å². The summed E-state index contributed by atoms with van der Waals surface area (Å²) in [6.07, 6.45) is 55.0. The molecule has 0 saturated carbocycles. The van der Waals surface area contributed by atoms with Crippen LogP contribution in [0.1, 0.15) is 507 Å². The van der Waals surface area contributed by atoms with Crippen molar-refractivity contribution in [3.63, 3.8) is 0 Å². The van der Waals surface area contributed by atoms with Crippen molar-refractivity contribution in [2.75, 3.05) is 13.2 Å². The van der Waals surface area contributed by atoms with E-state index in [1.807, 2.05) is 121 Å². The molecule has 20 heteroatoms. The molecule has 2 amide bonds. The molecule has 0 spiro atoms. The lowest BCUT2D eigenvalue weighted by Crippen LogP contribution is -2.68. The number of nitrogens with one attached hydrogen (secondary N) is 2. The largest absolute Gasteiger partial charge is 0.462 e. The lowest BCUT2D eigenvalue weighted by Gasteiger charge is -2.47. The summed E-state index contributed by atoms with van der Waals surface area (Å²) in [6, 6.07) is 36.3. The van der Waals surface area contributed by atoms with Crippen molar-refractivity contribution in [2.24, 2.45) is 0 Å². The number of amides is 2. The minimum absolute atomic E-state index is 0.0349. The number of aliphatic hydroxyl groups excluding tert-OH is 1.